The van der Waals surface area contributed by atoms with Crippen LogP contribution in [0.25, 0.3) is 0 Å². The first-order valence-electron chi connectivity index (χ1n) is 10.2. The van der Waals surface area contributed by atoms with Crippen LogP contribution in [0.5, 0.6) is 0 Å². The molecule has 3 heterocycles. The Kier molecular flexibility index (Phi) is 5.69. The number of rotatable bonds is 7. The van der Waals surface area contributed by atoms with Crippen molar-refractivity contribution in [2.75, 3.05) is 32.7 Å². The Morgan fingerprint density at radius 2 is 1.80 bits per heavy atom. The molecule has 0 saturated carbocycles. The Bertz CT molecular complexity index is 1020. The van der Waals surface area contributed by atoms with Gasteiger partial charge in [0.05, 0.1) is 5.69 Å². The van der Waals surface area contributed by atoms with Crippen LogP contribution in [0.2, 0.25) is 0 Å². The van der Waals surface area contributed by atoms with E-state index in [4.69, 9.17) is 5.73 Å². The topological polar surface area (TPSA) is 102 Å². The summed E-state index contributed by atoms with van der Waals surface area (Å²) in [5.74, 6) is -0.159. The molecule has 2 aliphatic rings. The number of fused-ring (bicyclic) bond motifs is 1. The molecule has 0 spiro atoms. The Hall–Kier alpha value is -2.23. The lowest BCUT2D eigenvalue weighted by Crippen LogP contribution is -2.35. The molecule has 4 rings (SSSR count). The molecule has 1 radical (unpaired) electrons. The third-order valence-electron chi connectivity index (χ3n) is 6.15. The number of benzene rings is 1. The standard InChI is InChI=1S/C21H28N5O3S/c1-15-20(19(21(22)27)24(2)23-15)30(28,29)26-13-17-11-25(12-18(17)14-26)10-6-9-16-7-4-3-5-8-16/h3-5,7-9,17-18H,6,10-14H2,1-2H3,(H2,22,27)/t17-,18?/m0/s1. The summed E-state index contributed by atoms with van der Waals surface area (Å²) in [6, 6.07) is 10.3. The summed E-state index contributed by atoms with van der Waals surface area (Å²) in [5, 5.41) is 4.11. The van der Waals surface area contributed by atoms with E-state index in [0.717, 1.165) is 26.1 Å². The van der Waals surface area contributed by atoms with Crippen molar-refractivity contribution in [2.24, 2.45) is 24.6 Å². The van der Waals surface area contributed by atoms with E-state index in [1.165, 1.54) is 21.6 Å². The fourth-order valence-corrected chi connectivity index (χ4v) is 6.70. The van der Waals surface area contributed by atoms with Gasteiger partial charge >= 0.3 is 0 Å². The van der Waals surface area contributed by atoms with Gasteiger partial charge in [-0.25, -0.2) is 8.42 Å². The number of primary amides is 1. The average molecular weight is 431 g/mol. The lowest BCUT2D eigenvalue weighted by atomic mass is 10.0. The summed E-state index contributed by atoms with van der Waals surface area (Å²) in [6.07, 6.45) is 3.21. The molecule has 2 N–H and O–H groups in total. The lowest BCUT2D eigenvalue weighted by molar-refractivity contribution is 0.0988. The van der Waals surface area contributed by atoms with Crippen LogP contribution in [-0.2, 0) is 17.1 Å². The molecule has 8 nitrogen and oxygen atoms in total. The Balaban J connectivity index is 1.38. The van der Waals surface area contributed by atoms with Gasteiger partial charge in [-0.15, -0.1) is 0 Å². The molecule has 1 aromatic heterocycles. The number of hydrogen-bond acceptors (Lipinski definition) is 5. The maximum Gasteiger partial charge on any atom is 0.268 e. The number of aromatic nitrogens is 2. The predicted octanol–water partition coefficient (Wildman–Crippen LogP) is 1.02. The maximum atomic E-state index is 13.3. The fraction of sp³-hybridized carbons (Fsp3) is 0.476. The number of likely N-dealkylation sites (tertiary alicyclic amines) is 1. The first-order valence-corrected chi connectivity index (χ1v) is 11.7. The number of nitrogens with two attached hydrogens (primary N) is 1. The molecule has 2 atom stereocenters. The molecule has 161 valence electrons. The molecule has 0 bridgehead atoms. The zero-order valence-corrected chi connectivity index (χ0v) is 18.2. The Morgan fingerprint density at radius 1 is 1.17 bits per heavy atom. The van der Waals surface area contributed by atoms with Crippen molar-refractivity contribution < 1.29 is 13.2 Å². The van der Waals surface area contributed by atoms with E-state index < -0.39 is 15.9 Å². The molecular weight excluding hydrogens is 402 g/mol. The summed E-state index contributed by atoms with van der Waals surface area (Å²) in [4.78, 5) is 14.2. The summed E-state index contributed by atoms with van der Waals surface area (Å²) >= 11 is 0. The van der Waals surface area contributed by atoms with Crippen LogP contribution in [0.1, 0.15) is 28.2 Å². The Morgan fingerprint density at radius 3 is 2.40 bits per heavy atom. The van der Waals surface area contributed by atoms with Crippen molar-refractivity contribution in [3.63, 3.8) is 0 Å². The first-order chi connectivity index (χ1) is 14.3. The van der Waals surface area contributed by atoms with Crippen LogP contribution in [0, 0.1) is 25.2 Å². The summed E-state index contributed by atoms with van der Waals surface area (Å²) in [5.41, 5.74) is 6.91. The van der Waals surface area contributed by atoms with Gasteiger partial charge in [-0.3, -0.25) is 9.48 Å². The highest BCUT2D eigenvalue weighted by Crippen LogP contribution is 2.35. The van der Waals surface area contributed by atoms with Crippen LogP contribution in [0.15, 0.2) is 35.2 Å². The fourth-order valence-electron chi connectivity index (χ4n) is 4.78. The van der Waals surface area contributed by atoms with Crippen LogP contribution in [0.3, 0.4) is 0 Å². The zero-order valence-electron chi connectivity index (χ0n) is 17.4. The molecule has 1 amide bonds. The van der Waals surface area contributed by atoms with E-state index >= 15 is 0 Å². The van der Waals surface area contributed by atoms with Crippen molar-refractivity contribution >= 4 is 15.9 Å². The predicted molar refractivity (Wildman–Crippen MR) is 113 cm³/mol. The van der Waals surface area contributed by atoms with Crippen molar-refractivity contribution in [2.45, 2.75) is 18.2 Å². The second-order valence-electron chi connectivity index (χ2n) is 8.26. The quantitative estimate of drug-likeness (QED) is 0.707. The first kappa shape index (κ1) is 21.0. The van der Waals surface area contributed by atoms with Gasteiger partial charge in [-0.2, -0.15) is 9.40 Å². The van der Waals surface area contributed by atoms with E-state index in [-0.39, 0.29) is 10.6 Å². The second-order valence-corrected chi connectivity index (χ2v) is 10.1. The third kappa shape index (κ3) is 3.89. The molecule has 2 aliphatic heterocycles. The highest BCUT2D eigenvalue weighted by molar-refractivity contribution is 7.89. The van der Waals surface area contributed by atoms with Crippen molar-refractivity contribution in [3.8, 4) is 0 Å². The van der Waals surface area contributed by atoms with Crippen molar-refractivity contribution in [3.05, 3.63) is 53.7 Å². The van der Waals surface area contributed by atoms with Gasteiger partial charge < -0.3 is 10.6 Å². The molecule has 2 aromatic rings. The minimum atomic E-state index is -3.81. The average Bonchev–Trinajstić information content (AvgIpc) is 3.33. The van der Waals surface area contributed by atoms with Gasteiger partial charge in [0, 0.05) is 33.2 Å². The SMILES string of the molecule is Cc1nn(C)c(C(N)=O)c1S(=O)(=O)N1CC2CN(CC[CH]c3ccccc3)C[C@H]2C1. The molecule has 0 aliphatic carbocycles. The molecular formula is C21H28N5O3S. The van der Waals surface area contributed by atoms with E-state index in [2.05, 4.69) is 28.6 Å². The largest absolute Gasteiger partial charge is 0.364 e. The van der Waals surface area contributed by atoms with Crippen LogP contribution in [-0.4, -0.2) is 66.0 Å². The van der Waals surface area contributed by atoms with E-state index in [9.17, 15) is 13.2 Å². The van der Waals surface area contributed by atoms with Gasteiger partial charge in [0.2, 0.25) is 10.0 Å². The van der Waals surface area contributed by atoms with Crippen LogP contribution in [0.4, 0.5) is 0 Å². The smallest absolute Gasteiger partial charge is 0.268 e. The number of hydrogen-bond donors (Lipinski definition) is 1. The normalized spacial score (nSPS) is 22.5. The maximum absolute atomic E-state index is 13.3. The zero-order chi connectivity index (χ0) is 21.5. The lowest BCUT2D eigenvalue weighted by Gasteiger charge is -2.21. The monoisotopic (exact) mass is 430 g/mol. The molecule has 1 aromatic carbocycles. The second kappa shape index (κ2) is 8.13. The summed E-state index contributed by atoms with van der Waals surface area (Å²) in [7, 11) is -2.28. The van der Waals surface area contributed by atoms with Gasteiger partial charge in [0.1, 0.15) is 10.6 Å². The molecule has 2 fully saturated rings. The number of aryl methyl sites for hydroxylation is 2. The Labute approximate surface area is 177 Å². The van der Waals surface area contributed by atoms with Gasteiger partial charge in [0.15, 0.2) is 0 Å². The summed E-state index contributed by atoms with van der Waals surface area (Å²) < 4.78 is 29.3. The highest BCUT2D eigenvalue weighted by Gasteiger charge is 2.45. The summed E-state index contributed by atoms with van der Waals surface area (Å²) in [6.45, 7) is 5.31. The minimum absolute atomic E-state index is 0.0493. The van der Waals surface area contributed by atoms with Crippen LogP contribution >= 0.6 is 0 Å². The number of nitrogens with zero attached hydrogens (tertiary/aromatic N) is 4. The molecule has 30 heavy (non-hydrogen) atoms. The van der Waals surface area contributed by atoms with E-state index in [1.807, 2.05) is 18.2 Å². The van der Waals surface area contributed by atoms with Gasteiger partial charge in [0.25, 0.3) is 5.91 Å². The number of amides is 1. The molecule has 1 unspecified atom stereocenters. The molecule has 9 heteroatoms. The minimum Gasteiger partial charge on any atom is -0.364 e. The van der Waals surface area contributed by atoms with Crippen LogP contribution < -0.4 is 5.73 Å². The number of carbonyl (C=O) groups excluding carboxylic acids is 1. The highest BCUT2D eigenvalue weighted by atomic mass is 32.2. The van der Waals surface area contributed by atoms with Gasteiger partial charge in [-0.1, -0.05) is 30.3 Å². The van der Waals surface area contributed by atoms with Crippen molar-refractivity contribution in [1.29, 1.82) is 0 Å². The molecule has 2 saturated heterocycles. The van der Waals surface area contributed by atoms with E-state index in [1.54, 1.807) is 6.92 Å². The number of sulfonamides is 1. The third-order valence-corrected chi connectivity index (χ3v) is 8.13. The van der Waals surface area contributed by atoms with Gasteiger partial charge in [-0.05, 0) is 43.7 Å². The van der Waals surface area contributed by atoms with Crippen molar-refractivity contribution in [1.82, 2.24) is 19.0 Å². The van der Waals surface area contributed by atoms with E-state index in [0.29, 0.717) is 30.6 Å². The number of carbonyl (C=O) groups is 1.